The molecule has 2 N–H and O–H groups in total. The molecule has 0 fully saturated rings. The monoisotopic (exact) mass is 396 g/mol. The van der Waals surface area contributed by atoms with E-state index in [1.54, 1.807) is 54.5 Å². The third-order valence-electron chi connectivity index (χ3n) is 4.25. The number of halogens is 1. The number of carbonyl (C=O) groups is 1. The van der Waals surface area contributed by atoms with Crippen LogP contribution in [-0.2, 0) is 9.39 Å². The fraction of sp³-hybridized carbons (Fsp3) is 0.556. The third kappa shape index (κ3) is 5.40. The van der Waals surface area contributed by atoms with Gasteiger partial charge < -0.3 is 14.5 Å². The Kier molecular flexibility index (Phi) is 5.89. The van der Waals surface area contributed by atoms with E-state index in [-0.39, 0.29) is 12.6 Å². The maximum absolute atomic E-state index is 14.2. The molecule has 1 amide bonds. The van der Waals surface area contributed by atoms with Gasteiger partial charge in [-0.1, -0.05) is 17.4 Å². The highest BCUT2D eigenvalue weighted by Gasteiger charge is 2.36. The molecule has 0 aliphatic rings. The molecule has 2 rings (SSSR count). The number of anilines is 1. The van der Waals surface area contributed by atoms with Crippen LogP contribution >= 0.6 is 11.3 Å². The van der Waals surface area contributed by atoms with Gasteiger partial charge in [0.25, 0.3) is 0 Å². The van der Waals surface area contributed by atoms with Crippen molar-refractivity contribution in [2.45, 2.75) is 65.3 Å². The van der Waals surface area contributed by atoms with Crippen LogP contribution in [0.5, 0.6) is 0 Å². The highest BCUT2D eigenvalue weighted by molar-refractivity contribution is 7.22. The minimum Gasteiger partial charge on any atom is -0.444 e. The van der Waals surface area contributed by atoms with Gasteiger partial charge in [0.05, 0.1) is 21.4 Å². The van der Waals surface area contributed by atoms with Crippen LogP contribution in [0.4, 0.5) is 14.3 Å². The number of aliphatic hydroxyl groups is 1. The van der Waals surface area contributed by atoms with Crippen LogP contribution in [0.15, 0.2) is 12.1 Å². The van der Waals surface area contributed by atoms with Crippen LogP contribution in [0.1, 0.15) is 48.5 Å². The van der Waals surface area contributed by atoms with Crippen LogP contribution in [0.3, 0.4) is 0 Å². The van der Waals surface area contributed by atoms with Gasteiger partial charge in [-0.25, -0.2) is 14.2 Å². The average Bonchev–Trinajstić information content (AvgIpc) is 2.87. The Hall–Kier alpha value is -1.71. The Balaban J connectivity index is 2.26. The second-order valence-electron chi connectivity index (χ2n) is 8.39. The Morgan fingerprint density at radius 3 is 2.41 bits per heavy atom. The van der Waals surface area contributed by atoms with Crippen molar-refractivity contribution in [3.63, 3.8) is 0 Å². The van der Waals surface area contributed by atoms with Crippen molar-refractivity contribution < 1.29 is 23.7 Å². The lowest BCUT2D eigenvalue weighted by molar-refractivity contribution is -0.0893. The summed E-state index contributed by atoms with van der Waals surface area (Å²) in [4.78, 5) is 16.3. The van der Waals surface area contributed by atoms with Crippen molar-refractivity contribution in [1.29, 1.82) is 0 Å². The highest BCUT2D eigenvalue weighted by Crippen LogP contribution is 2.28. The minimum absolute atomic E-state index is 0.142. The van der Waals surface area contributed by atoms with Crippen molar-refractivity contribution >= 4 is 45.7 Å². The van der Waals surface area contributed by atoms with Gasteiger partial charge in [-0.3, -0.25) is 5.32 Å². The second kappa shape index (κ2) is 7.37. The summed E-state index contributed by atoms with van der Waals surface area (Å²) in [6, 6.07) is 2.93. The summed E-state index contributed by atoms with van der Waals surface area (Å²) in [6.45, 7) is 12.2. The quantitative estimate of drug-likeness (QED) is 0.758. The smallest absolute Gasteiger partial charge is 0.413 e. The molecular weight excluding hydrogens is 370 g/mol. The van der Waals surface area contributed by atoms with Crippen LogP contribution in [0.25, 0.3) is 10.2 Å². The summed E-state index contributed by atoms with van der Waals surface area (Å²) in [5.41, 5.74) is -1.44. The van der Waals surface area contributed by atoms with Gasteiger partial charge in [0.1, 0.15) is 11.4 Å². The molecule has 1 aromatic heterocycles. The lowest BCUT2D eigenvalue weighted by atomic mass is 9.82. The number of rotatable bonds is 5. The predicted octanol–water partition coefficient (Wildman–Crippen LogP) is 3.33. The van der Waals surface area contributed by atoms with Crippen LogP contribution < -0.4 is 10.8 Å². The van der Waals surface area contributed by atoms with Gasteiger partial charge in [-0.05, 0) is 60.0 Å². The Morgan fingerprint density at radius 2 is 1.85 bits per heavy atom. The summed E-state index contributed by atoms with van der Waals surface area (Å²) >= 11 is 1.03. The number of hydrogen-bond donors (Lipinski definition) is 2. The number of hydrogen-bond acceptors (Lipinski definition) is 6. The number of ether oxygens (including phenoxy) is 1. The summed E-state index contributed by atoms with van der Waals surface area (Å²) in [5, 5.41) is 13.0. The lowest BCUT2D eigenvalue weighted by Gasteiger charge is -2.37. The Labute approximate surface area is 163 Å². The molecule has 0 atom stereocenters. The fourth-order valence-electron chi connectivity index (χ4n) is 2.02. The summed E-state index contributed by atoms with van der Waals surface area (Å²) in [7, 11) is 0.142. The zero-order valence-corrected chi connectivity index (χ0v) is 17.6. The first kappa shape index (κ1) is 21.6. The molecule has 1 aromatic carbocycles. The molecule has 0 aliphatic heterocycles. The summed E-state index contributed by atoms with van der Waals surface area (Å²) in [6.07, 6.45) is -0.650. The molecule has 0 radical (unpaired) electrons. The van der Waals surface area contributed by atoms with Crippen molar-refractivity contribution in [2.24, 2.45) is 0 Å². The summed E-state index contributed by atoms with van der Waals surface area (Å²) in [5.74, 6) is -0.426. The molecule has 148 valence electrons. The maximum Gasteiger partial charge on any atom is 0.413 e. The Morgan fingerprint density at radius 1 is 1.22 bits per heavy atom. The van der Waals surface area contributed by atoms with Crippen LogP contribution in [0, 0.1) is 5.82 Å². The molecule has 0 aliphatic carbocycles. The summed E-state index contributed by atoms with van der Waals surface area (Å²) < 4.78 is 25.6. The van der Waals surface area contributed by atoms with E-state index < -0.39 is 28.7 Å². The van der Waals surface area contributed by atoms with E-state index in [1.807, 2.05) is 0 Å². The zero-order valence-electron chi connectivity index (χ0n) is 16.8. The number of carbonyl (C=O) groups excluding carboxylic acids is 1. The van der Waals surface area contributed by atoms with E-state index in [9.17, 15) is 14.3 Å². The lowest BCUT2D eigenvalue weighted by Crippen LogP contribution is -2.49. The van der Waals surface area contributed by atoms with Crippen molar-refractivity contribution in [2.75, 3.05) is 5.32 Å². The van der Waals surface area contributed by atoms with Gasteiger partial charge >= 0.3 is 13.6 Å². The number of benzene rings is 1. The first-order valence-electron chi connectivity index (χ1n) is 8.64. The number of aromatic nitrogens is 1. The zero-order chi connectivity index (χ0) is 20.6. The molecule has 9 heteroatoms. The molecule has 0 spiro atoms. The second-order valence-corrected chi connectivity index (χ2v) is 9.39. The molecular formula is C18H26BFN2O4S. The number of nitrogens with one attached hydrogen (secondary N) is 1. The first-order valence-corrected chi connectivity index (χ1v) is 9.45. The normalized spacial score (nSPS) is 12.9. The number of amides is 1. The van der Waals surface area contributed by atoms with E-state index in [1.165, 1.54) is 6.07 Å². The topological polar surface area (TPSA) is 80.7 Å². The van der Waals surface area contributed by atoms with Crippen LogP contribution in [-0.4, -0.2) is 40.5 Å². The molecule has 6 nitrogen and oxygen atoms in total. The van der Waals surface area contributed by atoms with Gasteiger partial charge in [-0.2, -0.15) is 0 Å². The molecule has 0 saturated heterocycles. The van der Waals surface area contributed by atoms with Gasteiger partial charge in [0, 0.05) is 0 Å². The predicted molar refractivity (Wildman–Crippen MR) is 108 cm³/mol. The van der Waals surface area contributed by atoms with Crippen molar-refractivity contribution in [3.05, 3.63) is 17.9 Å². The number of thiazole rings is 1. The molecule has 0 bridgehead atoms. The fourth-order valence-corrected chi connectivity index (χ4v) is 2.93. The van der Waals surface area contributed by atoms with Gasteiger partial charge in [-0.15, -0.1) is 0 Å². The van der Waals surface area contributed by atoms with Crippen molar-refractivity contribution in [1.82, 2.24) is 4.98 Å². The molecule has 0 saturated carbocycles. The van der Waals surface area contributed by atoms with E-state index in [4.69, 9.17) is 9.39 Å². The van der Waals surface area contributed by atoms with E-state index in [2.05, 4.69) is 10.3 Å². The molecule has 27 heavy (non-hydrogen) atoms. The van der Waals surface area contributed by atoms with E-state index in [0.717, 1.165) is 11.3 Å². The van der Waals surface area contributed by atoms with E-state index >= 15 is 0 Å². The number of nitrogens with zero attached hydrogens (tertiary/aromatic N) is 1. The highest BCUT2D eigenvalue weighted by atomic mass is 32.1. The standard InChI is InChI=1S/C18H26BFN2O4S/c1-16(2,3)25-15(23)22-14-21-12-10(8-9-11(20)13(12)27-14)19-26-18(6,7)17(4,5)24/h8-9,19,24H,1-7H3,(H,21,22,23). The van der Waals surface area contributed by atoms with E-state index in [0.29, 0.717) is 15.7 Å². The number of fused-ring (bicyclic) bond motifs is 1. The van der Waals surface area contributed by atoms with Gasteiger partial charge in [0.15, 0.2) is 5.13 Å². The average molecular weight is 396 g/mol. The first-order chi connectivity index (χ1) is 12.2. The molecule has 0 unspecified atom stereocenters. The molecule has 1 heterocycles. The largest absolute Gasteiger partial charge is 0.444 e. The van der Waals surface area contributed by atoms with Crippen LogP contribution in [0.2, 0.25) is 0 Å². The SMILES string of the molecule is CC(C)(C)OC(=O)Nc1nc2c(BOC(C)(C)C(C)(C)O)ccc(F)c2s1. The van der Waals surface area contributed by atoms with Crippen molar-refractivity contribution in [3.8, 4) is 0 Å². The Bertz CT molecular complexity index is 840. The molecule has 2 aromatic rings. The minimum atomic E-state index is -1.06. The maximum atomic E-state index is 14.2. The third-order valence-corrected chi connectivity index (χ3v) is 5.23. The van der Waals surface area contributed by atoms with Gasteiger partial charge in [0.2, 0.25) is 0 Å².